The molecular weight excluding hydrogens is 272 g/mol. The summed E-state index contributed by atoms with van der Waals surface area (Å²) in [6.45, 7) is 4.90. The van der Waals surface area contributed by atoms with Crippen molar-refractivity contribution in [3.8, 4) is 0 Å². The Morgan fingerprint density at radius 2 is 2.56 bits per heavy atom. The molecule has 6 heteroatoms. The summed E-state index contributed by atoms with van der Waals surface area (Å²) in [5.74, 6) is 0.129. The van der Waals surface area contributed by atoms with E-state index in [4.69, 9.17) is 0 Å². The molecule has 1 aromatic rings. The predicted molar refractivity (Wildman–Crippen MR) is 64.0 cm³/mol. The molecule has 0 spiro atoms. The van der Waals surface area contributed by atoms with E-state index in [1.165, 1.54) is 0 Å². The Balaban J connectivity index is 1.96. The van der Waals surface area contributed by atoms with E-state index < -0.39 is 0 Å². The average Bonchev–Trinajstić information content (AvgIpc) is 2.64. The molecule has 2 rings (SSSR count). The Hall–Kier alpha value is -0.880. The highest BCUT2D eigenvalue weighted by atomic mass is 79.9. The molecule has 0 unspecified atom stereocenters. The minimum Gasteiger partial charge on any atom is -0.336 e. The number of halogens is 1. The predicted octanol–water partition coefficient (Wildman–Crippen LogP) is 0.466. The van der Waals surface area contributed by atoms with Crippen LogP contribution in [0.25, 0.3) is 0 Å². The highest BCUT2D eigenvalue weighted by molar-refractivity contribution is 9.10. The molecule has 2 heterocycles. The van der Waals surface area contributed by atoms with Crippen LogP contribution in [0.4, 0.5) is 0 Å². The first kappa shape index (κ1) is 11.6. The van der Waals surface area contributed by atoms with E-state index >= 15 is 0 Å². The van der Waals surface area contributed by atoms with Gasteiger partial charge in [0.15, 0.2) is 0 Å². The molecule has 5 nitrogen and oxygen atoms in total. The lowest BCUT2D eigenvalue weighted by Crippen LogP contribution is -2.53. The molecule has 1 atom stereocenters. The molecule has 0 bridgehead atoms. The molecular formula is C10H15BrN4O. The first-order valence-electron chi connectivity index (χ1n) is 5.35. The van der Waals surface area contributed by atoms with Crippen molar-refractivity contribution < 1.29 is 4.79 Å². The van der Waals surface area contributed by atoms with Crippen LogP contribution in [0.3, 0.4) is 0 Å². The van der Waals surface area contributed by atoms with E-state index in [1.807, 2.05) is 11.1 Å². The van der Waals surface area contributed by atoms with Gasteiger partial charge in [0, 0.05) is 31.9 Å². The average molecular weight is 287 g/mol. The topological polar surface area (TPSA) is 50.2 Å². The van der Waals surface area contributed by atoms with Gasteiger partial charge in [0.2, 0.25) is 5.91 Å². The zero-order valence-electron chi connectivity index (χ0n) is 9.19. The number of rotatable bonds is 2. The smallest absolute Gasteiger partial charge is 0.244 e. The summed E-state index contributed by atoms with van der Waals surface area (Å²) in [4.78, 5) is 13.9. The fourth-order valence-corrected chi connectivity index (χ4v) is 2.19. The van der Waals surface area contributed by atoms with Gasteiger partial charge in [-0.25, -0.2) is 0 Å². The van der Waals surface area contributed by atoms with Crippen LogP contribution < -0.4 is 5.32 Å². The molecule has 1 aromatic heterocycles. The van der Waals surface area contributed by atoms with Crippen molar-refractivity contribution in [2.24, 2.45) is 0 Å². The lowest BCUT2D eigenvalue weighted by molar-refractivity contribution is -0.134. The highest BCUT2D eigenvalue weighted by Crippen LogP contribution is 2.08. The summed E-state index contributed by atoms with van der Waals surface area (Å²) in [7, 11) is 0. The second-order valence-electron chi connectivity index (χ2n) is 4.00. The number of nitrogens with one attached hydrogen (secondary N) is 1. The van der Waals surface area contributed by atoms with Gasteiger partial charge in [0.25, 0.3) is 0 Å². The van der Waals surface area contributed by atoms with Gasteiger partial charge >= 0.3 is 0 Å². The summed E-state index contributed by atoms with van der Waals surface area (Å²) in [5, 5.41) is 7.35. The van der Waals surface area contributed by atoms with E-state index in [-0.39, 0.29) is 11.9 Å². The van der Waals surface area contributed by atoms with Gasteiger partial charge < -0.3 is 10.2 Å². The molecule has 16 heavy (non-hydrogen) atoms. The summed E-state index contributed by atoms with van der Waals surface area (Å²) in [6.07, 6.45) is 3.50. The molecule has 0 saturated carbocycles. The zero-order chi connectivity index (χ0) is 11.5. The van der Waals surface area contributed by atoms with Crippen molar-refractivity contribution >= 4 is 21.8 Å². The van der Waals surface area contributed by atoms with Gasteiger partial charge in [-0.3, -0.25) is 9.48 Å². The fraction of sp³-hybridized carbons (Fsp3) is 0.600. The van der Waals surface area contributed by atoms with Gasteiger partial charge in [-0.05, 0) is 22.9 Å². The Kier molecular flexibility index (Phi) is 3.60. The van der Waals surface area contributed by atoms with Crippen LogP contribution in [-0.4, -0.2) is 46.3 Å². The number of hydrogen-bond acceptors (Lipinski definition) is 3. The van der Waals surface area contributed by atoms with Crippen LogP contribution in [0.2, 0.25) is 0 Å². The molecule has 1 N–H and O–H groups in total. The zero-order valence-corrected chi connectivity index (χ0v) is 10.8. The quantitative estimate of drug-likeness (QED) is 0.860. The molecule has 1 fully saturated rings. The maximum atomic E-state index is 12.0. The van der Waals surface area contributed by atoms with Crippen LogP contribution in [0, 0.1) is 0 Å². The summed E-state index contributed by atoms with van der Waals surface area (Å²) in [6, 6.07) is 0.264. The van der Waals surface area contributed by atoms with Gasteiger partial charge in [-0.2, -0.15) is 5.10 Å². The minimum absolute atomic E-state index is 0.129. The minimum atomic E-state index is 0.129. The number of nitrogens with zero attached hydrogens (tertiary/aromatic N) is 3. The van der Waals surface area contributed by atoms with Crippen molar-refractivity contribution in [1.29, 1.82) is 0 Å². The number of aromatic nitrogens is 2. The first-order chi connectivity index (χ1) is 7.66. The largest absolute Gasteiger partial charge is 0.336 e. The maximum Gasteiger partial charge on any atom is 0.244 e. The number of amides is 1. The van der Waals surface area contributed by atoms with E-state index in [1.54, 1.807) is 10.9 Å². The van der Waals surface area contributed by atoms with Gasteiger partial charge in [0.05, 0.1) is 10.7 Å². The van der Waals surface area contributed by atoms with Crippen LogP contribution in [-0.2, 0) is 11.3 Å². The van der Waals surface area contributed by atoms with Crippen LogP contribution in [0.5, 0.6) is 0 Å². The monoisotopic (exact) mass is 286 g/mol. The van der Waals surface area contributed by atoms with Gasteiger partial charge in [0.1, 0.15) is 6.54 Å². The van der Waals surface area contributed by atoms with Crippen molar-refractivity contribution in [2.45, 2.75) is 19.5 Å². The fourth-order valence-electron chi connectivity index (χ4n) is 1.87. The SMILES string of the molecule is C[C@H]1CNCCN1C(=O)Cn1cc(Br)cn1. The third-order valence-electron chi connectivity index (χ3n) is 2.72. The standard InChI is InChI=1S/C10H15BrN4O/c1-8-4-12-2-3-15(8)10(16)7-14-6-9(11)5-13-14/h5-6,8,12H,2-4,7H2,1H3/t8-/m0/s1. The summed E-state index contributed by atoms with van der Waals surface area (Å²) < 4.78 is 2.55. The second-order valence-corrected chi connectivity index (χ2v) is 4.91. The Labute approximate surface area is 103 Å². The van der Waals surface area contributed by atoms with Crippen LogP contribution >= 0.6 is 15.9 Å². The summed E-state index contributed by atoms with van der Waals surface area (Å²) >= 11 is 3.31. The molecule has 1 saturated heterocycles. The number of piperazine rings is 1. The van der Waals surface area contributed by atoms with E-state index in [2.05, 4.69) is 33.3 Å². The van der Waals surface area contributed by atoms with Crippen LogP contribution in [0.15, 0.2) is 16.9 Å². The Bertz CT molecular complexity index is 379. The van der Waals surface area contributed by atoms with Crippen molar-refractivity contribution in [1.82, 2.24) is 20.0 Å². The first-order valence-corrected chi connectivity index (χ1v) is 6.14. The third-order valence-corrected chi connectivity index (χ3v) is 3.13. The van der Waals surface area contributed by atoms with E-state index in [9.17, 15) is 4.79 Å². The maximum absolute atomic E-state index is 12.0. The Morgan fingerprint density at radius 1 is 1.75 bits per heavy atom. The van der Waals surface area contributed by atoms with Crippen molar-refractivity contribution in [3.05, 3.63) is 16.9 Å². The normalized spacial score (nSPS) is 21.1. The number of carbonyl (C=O) groups excluding carboxylic acids is 1. The highest BCUT2D eigenvalue weighted by Gasteiger charge is 2.22. The van der Waals surface area contributed by atoms with Gasteiger partial charge in [-0.15, -0.1) is 0 Å². The lowest BCUT2D eigenvalue weighted by Gasteiger charge is -2.33. The summed E-state index contributed by atoms with van der Waals surface area (Å²) in [5.41, 5.74) is 0. The molecule has 1 aliphatic heterocycles. The molecule has 0 radical (unpaired) electrons. The molecule has 0 aromatic carbocycles. The lowest BCUT2D eigenvalue weighted by atomic mass is 10.2. The second kappa shape index (κ2) is 4.97. The van der Waals surface area contributed by atoms with Crippen molar-refractivity contribution in [3.63, 3.8) is 0 Å². The molecule has 1 aliphatic rings. The van der Waals surface area contributed by atoms with Gasteiger partial charge in [-0.1, -0.05) is 0 Å². The molecule has 1 amide bonds. The number of carbonyl (C=O) groups is 1. The molecule has 88 valence electrons. The Morgan fingerprint density at radius 3 is 3.19 bits per heavy atom. The third kappa shape index (κ3) is 2.62. The van der Waals surface area contributed by atoms with E-state index in [0.717, 1.165) is 24.1 Å². The molecule has 0 aliphatic carbocycles. The number of hydrogen-bond donors (Lipinski definition) is 1. The van der Waals surface area contributed by atoms with E-state index in [0.29, 0.717) is 6.54 Å². The van der Waals surface area contributed by atoms with Crippen molar-refractivity contribution in [2.75, 3.05) is 19.6 Å². The van der Waals surface area contributed by atoms with Crippen LogP contribution in [0.1, 0.15) is 6.92 Å².